The summed E-state index contributed by atoms with van der Waals surface area (Å²) >= 11 is 0. The van der Waals surface area contributed by atoms with Crippen LogP contribution >= 0.6 is 0 Å². The van der Waals surface area contributed by atoms with Gasteiger partial charge in [0.25, 0.3) is 0 Å². The van der Waals surface area contributed by atoms with Gasteiger partial charge < -0.3 is 9.84 Å². The highest BCUT2D eigenvalue weighted by Gasteiger charge is 1.93. The molecule has 0 radical (unpaired) electrons. The van der Waals surface area contributed by atoms with Crippen molar-refractivity contribution < 1.29 is 9.84 Å². The second kappa shape index (κ2) is 5.85. The Bertz CT molecular complexity index is 317. The van der Waals surface area contributed by atoms with Crippen molar-refractivity contribution in [1.82, 2.24) is 0 Å². The average Bonchev–Trinajstić information content (AvgIpc) is 2.25. The number of hydrogen-bond acceptors (Lipinski definition) is 3. The monoisotopic (exact) mass is 193 g/mol. The number of ether oxygens (including phenoxy) is 1. The Kier molecular flexibility index (Phi) is 4.34. The molecule has 0 atom stereocenters. The first-order chi connectivity index (χ1) is 6.86. The Morgan fingerprint density at radius 2 is 2.07 bits per heavy atom. The summed E-state index contributed by atoms with van der Waals surface area (Å²) in [5.41, 5.74) is 8.85. The van der Waals surface area contributed by atoms with Crippen molar-refractivity contribution in [3.05, 3.63) is 40.3 Å². The Labute approximate surface area is 81.6 Å². The maximum absolute atomic E-state index is 8.78. The lowest BCUT2D eigenvalue weighted by Crippen LogP contribution is -2.00. The molecule has 1 aromatic rings. The molecule has 0 bridgehead atoms. The summed E-state index contributed by atoms with van der Waals surface area (Å²) < 4.78 is 5.26. The van der Waals surface area contributed by atoms with E-state index < -0.39 is 0 Å². The van der Waals surface area contributed by atoms with E-state index in [0.717, 1.165) is 5.56 Å². The molecule has 1 N–H and O–H groups in total. The molecule has 0 aromatic heterocycles. The fourth-order valence-corrected chi connectivity index (χ4v) is 0.940. The highest BCUT2D eigenvalue weighted by atomic mass is 16.5. The number of benzene rings is 1. The van der Waals surface area contributed by atoms with E-state index in [4.69, 9.17) is 15.4 Å². The minimum absolute atomic E-state index is 0.0268. The van der Waals surface area contributed by atoms with E-state index in [2.05, 4.69) is 10.0 Å². The first kappa shape index (κ1) is 10.4. The summed E-state index contributed by atoms with van der Waals surface area (Å²) in [4.78, 5) is 2.61. The lowest BCUT2D eigenvalue weighted by molar-refractivity contribution is 0.281. The Balaban J connectivity index is 2.39. The molecular weight excluding hydrogens is 182 g/mol. The van der Waals surface area contributed by atoms with Crippen LogP contribution in [0, 0.1) is 0 Å². The third kappa shape index (κ3) is 3.35. The van der Waals surface area contributed by atoms with Crippen molar-refractivity contribution in [2.75, 3.05) is 13.2 Å². The van der Waals surface area contributed by atoms with Crippen molar-refractivity contribution >= 4 is 0 Å². The fourth-order valence-electron chi connectivity index (χ4n) is 0.940. The molecule has 1 rings (SSSR count). The molecule has 0 spiro atoms. The Morgan fingerprint density at radius 3 is 2.64 bits per heavy atom. The molecule has 0 saturated carbocycles. The molecule has 5 heteroatoms. The van der Waals surface area contributed by atoms with Gasteiger partial charge in [0.2, 0.25) is 0 Å². The van der Waals surface area contributed by atoms with Crippen LogP contribution in [0.4, 0.5) is 0 Å². The van der Waals surface area contributed by atoms with Crippen LogP contribution < -0.4 is 4.74 Å². The fraction of sp³-hybridized carbons (Fsp3) is 0.333. The van der Waals surface area contributed by atoms with E-state index in [-0.39, 0.29) is 6.61 Å². The maximum atomic E-state index is 8.78. The normalized spacial score (nSPS) is 9.21. The minimum Gasteiger partial charge on any atom is -0.493 e. The number of azide groups is 1. The molecule has 0 saturated heterocycles. The third-order valence-corrected chi connectivity index (χ3v) is 1.63. The topological polar surface area (TPSA) is 78.2 Å². The molecule has 0 aliphatic heterocycles. The molecule has 14 heavy (non-hydrogen) atoms. The predicted octanol–water partition coefficient (Wildman–Crippen LogP) is 1.87. The van der Waals surface area contributed by atoms with Gasteiger partial charge in [-0.2, -0.15) is 0 Å². The highest BCUT2D eigenvalue weighted by Crippen LogP contribution is 2.11. The molecule has 0 aliphatic rings. The van der Waals surface area contributed by atoms with Crippen LogP contribution in [0.15, 0.2) is 29.4 Å². The summed E-state index contributed by atoms with van der Waals surface area (Å²) in [6, 6.07) is 7.09. The molecule has 0 fully saturated rings. The van der Waals surface area contributed by atoms with E-state index in [9.17, 15) is 0 Å². The van der Waals surface area contributed by atoms with E-state index >= 15 is 0 Å². The number of nitrogens with zero attached hydrogens (tertiary/aromatic N) is 3. The molecule has 0 aliphatic carbocycles. The van der Waals surface area contributed by atoms with Crippen LogP contribution in [-0.4, -0.2) is 18.3 Å². The van der Waals surface area contributed by atoms with Gasteiger partial charge in [0, 0.05) is 4.91 Å². The largest absolute Gasteiger partial charge is 0.493 e. The van der Waals surface area contributed by atoms with E-state index in [1.54, 1.807) is 24.3 Å². The molecule has 74 valence electrons. The molecular formula is C9H11N3O2. The van der Waals surface area contributed by atoms with Crippen molar-refractivity contribution in [1.29, 1.82) is 0 Å². The zero-order valence-electron chi connectivity index (χ0n) is 7.63. The summed E-state index contributed by atoms with van der Waals surface area (Å²) in [5.74, 6) is 0.704. The van der Waals surface area contributed by atoms with Gasteiger partial charge in [0.15, 0.2) is 0 Å². The number of hydrogen-bond donors (Lipinski definition) is 1. The Hall–Kier alpha value is -1.71. The predicted molar refractivity (Wildman–Crippen MR) is 51.9 cm³/mol. The van der Waals surface area contributed by atoms with Gasteiger partial charge in [0.05, 0.1) is 19.8 Å². The van der Waals surface area contributed by atoms with Gasteiger partial charge >= 0.3 is 0 Å². The van der Waals surface area contributed by atoms with Gasteiger partial charge in [-0.05, 0) is 23.2 Å². The van der Waals surface area contributed by atoms with Crippen LogP contribution in [0.1, 0.15) is 5.56 Å². The minimum atomic E-state index is 0.0268. The van der Waals surface area contributed by atoms with Crippen LogP contribution in [0.25, 0.3) is 10.4 Å². The number of aliphatic hydroxyl groups excluding tert-OH is 1. The molecule has 5 nitrogen and oxygen atoms in total. The Morgan fingerprint density at radius 1 is 1.36 bits per heavy atom. The zero-order valence-corrected chi connectivity index (χ0v) is 7.63. The van der Waals surface area contributed by atoms with Crippen LogP contribution in [0.5, 0.6) is 5.75 Å². The van der Waals surface area contributed by atoms with Crippen molar-refractivity contribution in [2.24, 2.45) is 5.11 Å². The average molecular weight is 193 g/mol. The van der Waals surface area contributed by atoms with Gasteiger partial charge in [-0.3, -0.25) is 0 Å². The molecule has 0 amide bonds. The summed E-state index contributed by atoms with van der Waals surface area (Å²) in [5, 5.41) is 12.1. The second-order valence-corrected chi connectivity index (χ2v) is 2.60. The number of aliphatic hydroxyl groups is 1. The maximum Gasteiger partial charge on any atom is 0.119 e. The van der Waals surface area contributed by atoms with Crippen LogP contribution in [0.3, 0.4) is 0 Å². The zero-order chi connectivity index (χ0) is 10.2. The summed E-state index contributed by atoms with van der Waals surface area (Å²) in [6.07, 6.45) is 0. The standard InChI is InChI=1S/C9H11N3O2/c10-12-11-5-6-14-9-3-1-8(7-13)2-4-9/h1-4,13H,5-7H2. The molecule has 1 aromatic carbocycles. The molecule has 0 unspecified atom stereocenters. The van der Waals surface area contributed by atoms with Gasteiger partial charge in [0.1, 0.15) is 5.75 Å². The quantitative estimate of drug-likeness (QED) is 0.335. The number of rotatable bonds is 5. The summed E-state index contributed by atoms with van der Waals surface area (Å²) in [6.45, 7) is 0.708. The lowest BCUT2D eigenvalue weighted by Gasteiger charge is -2.04. The smallest absolute Gasteiger partial charge is 0.119 e. The first-order valence-electron chi connectivity index (χ1n) is 4.20. The SMILES string of the molecule is [N-]=[N+]=NCCOc1ccc(CO)cc1. The summed E-state index contributed by atoms with van der Waals surface area (Å²) in [7, 11) is 0. The van der Waals surface area contributed by atoms with Crippen molar-refractivity contribution in [3.8, 4) is 5.75 Å². The van der Waals surface area contributed by atoms with E-state index in [0.29, 0.717) is 18.9 Å². The lowest BCUT2D eigenvalue weighted by atomic mass is 10.2. The second-order valence-electron chi connectivity index (χ2n) is 2.60. The van der Waals surface area contributed by atoms with Crippen molar-refractivity contribution in [3.63, 3.8) is 0 Å². The van der Waals surface area contributed by atoms with Gasteiger partial charge in [-0.25, -0.2) is 0 Å². The van der Waals surface area contributed by atoms with E-state index in [1.807, 2.05) is 0 Å². The first-order valence-corrected chi connectivity index (χ1v) is 4.20. The highest BCUT2D eigenvalue weighted by molar-refractivity contribution is 5.26. The van der Waals surface area contributed by atoms with Crippen molar-refractivity contribution in [2.45, 2.75) is 6.61 Å². The molecule has 0 heterocycles. The van der Waals surface area contributed by atoms with Crippen LogP contribution in [0.2, 0.25) is 0 Å². The van der Waals surface area contributed by atoms with Gasteiger partial charge in [-0.1, -0.05) is 17.2 Å². The van der Waals surface area contributed by atoms with E-state index in [1.165, 1.54) is 0 Å². The van der Waals surface area contributed by atoms with Crippen LogP contribution in [-0.2, 0) is 6.61 Å². The van der Waals surface area contributed by atoms with Gasteiger partial charge in [-0.15, -0.1) is 0 Å². The third-order valence-electron chi connectivity index (χ3n) is 1.63.